The molecule has 168 valence electrons. The molecular weight excluding hydrogens is 447 g/mol. The maximum Gasteiger partial charge on any atom is 0.253 e. The fourth-order valence-electron chi connectivity index (χ4n) is 3.34. The second-order valence-corrected chi connectivity index (χ2v) is 8.86. The topological polar surface area (TPSA) is 76.0 Å². The van der Waals surface area contributed by atoms with E-state index in [0.717, 1.165) is 11.1 Å². The van der Waals surface area contributed by atoms with Crippen LogP contribution in [0.1, 0.15) is 41.8 Å². The lowest BCUT2D eigenvalue weighted by Gasteiger charge is -2.21. The SMILES string of the molecule is CC(C)CC(NC(=O)c1ccc(Cl)cc1Cl)C(=O)NCc1cccc(Cn2cccn2)c1. The number of nitrogens with one attached hydrogen (secondary N) is 2. The predicted molar refractivity (Wildman–Crippen MR) is 127 cm³/mol. The molecule has 1 aromatic heterocycles. The number of halogens is 2. The Kier molecular flexibility index (Phi) is 8.31. The van der Waals surface area contributed by atoms with Gasteiger partial charge in [-0.3, -0.25) is 14.3 Å². The molecule has 2 amide bonds. The normalized spacial score (nSPS) is 11.9. The van der Waals surface area contributed by atoms with Gasteiger partial charge in [0.05, 0.1) is 17.1 Å². The van der Waals surface area contributed by atoms with Gasteiger partial charge in [0.15, 0.2) is 0 Å². The average molecular weight is 473 g/mol. The molecule has 0 bridgehead atoms. The third-order valence-corrected chi connectivity index (χ3v) is 5.41. The fourth-order valence-corrected chi connectivity index (χ4v) is 3.84. The summed E-state index contributed by atoms with van der Waals surface area (Å²) in [7, 11) is 0. The van der Waals surface area contributed by atoms with Gasteiger partial charge in [-0.15, -0.1) is 0 Å². The summed E-state index contributed by atoms with van der Waals surface area (Å²) in [6, 6.07) is 13.8. The summed E-state index contributed by atoms with van der Waals surface area (Å²) >= 11 is 12.1. The van der Waals surface area contributed by atoms with Crippen LogP contribution in [0.4, 0.5) is 0 Å². The molecule has 6 nitrogen and oxygen atoms in total. The zero-order valence-corrected chi connectivity index (χ0v) is 19.5. The standard InChI is InChI=1S/C24H26Cl2N4O2/c1-16(2)11-22(29-23(31)20-8-7-19(25)13-21(20)26)24(32)27-14-17-5-3-6-18(12-17)15-30-10-4-9-28-30/h3-10,12-13,16,22H,11,14-15H2,1-2H3,(H,27,32)(H,29,31). The van der Waals surface area contributed by atoms with Crippen molar-refractivity contribution in [1.29, 1.82) is 0 Å². The predicted octanol–water partition coefficient (Wildman–Crippen LogP) is 4.70. The van der Waals surface area contributed by atoms with Crippen molar-refractivity contribution in [3.05, 3.63) is 87.7 Å². The van der Waals surface area contributed by atoms with Crippen LogP contribution in [-0.4, -0.2) is 27.6 Å². The van der Waals surface area contributed by atoms with Crippen molar-refractivity contribution in [2.75, 3.05) is 0 Å². The van der Waals surface area contributed by atoms with Gasteiger partial charge in [-0.05, 0) is 47.7 Å². The van der Waals surface area contributed by atoms with Crippen LogP contribution in [0.5, 0.6) is 0 Å². The number of amides is 2. The molecule has 0 aliphatic heterocycles. The van der Waals surface area contributed by atoms with Gasteiger partial charge in [0.1, 0.15) is 6.04 Å². The van der Waals surface area contributed by atoms with Crippen molar-refractivity contribution in [3.8, 4) is 0 Å². The number of benzene rings is 2. The molecule has 3 aromatic rings. The van der Waals surface area contributed by atoms with Gasteiger partial charge in [-0.25, -0.2) is 0 Å². The van der Waals surface area contributed by atoms with E-state index in [-0.39, 0.29) is 22.4 Å². The van der Waals surface area contributed by atoms with Gasteiger partial charge in [0.2, 0.25) is 5.91 Å². The summed E-state index contributed by atoms with van der Waals surface area (Å²) in [6.45, 7) is 5.02. The Balaban J connectivity index is 1.64. The van der Waals surface area contributed by atoms with E-state index in [4.69, 9.17) is 23.2 Å². The van der Waals surface area contributed by atoms with Gasteiger partial charge in [0.25, 0.3) is 5.91 Å². The second-order valence-electron chi connectivity index (χ2n) is 8.02. The Labute approximate surface area is 197 Å². The van der Waals surface area contributed by atoms with Crippen LogP contribution in [0.25, 0.3) is 0 Å². The number of hydrogen-bond acceptors (Lipinski definition) is 3. The van der Waals surface area contributed by atoms with Crippen molar-refractivity contribution < 1.29 is 9.59 Å². The molecule has 0 aliphatic carbocycles. The lowest BCUT2D eigenvalue weighted by Crippen LogP contribution is -2.47. The van der Waals surface area contributed by atoms with Crippen LogP contribution in [0, 0.1) is 5.92 Å². The number of aromatic nitrogens is 2. The Morgan fingerprint density at radius 1 is 1.06 bits per heavy atom. The number of carbonyl (C=O) groups is 2. The molecule has 0 fully saturated rings. The lowest BCUT2D eigenvalue weighted by atomic mass is 10.0. The zero-order valence-electron chi connectivity index (χ0n) is 18.0. The molecule has 32 heavy (non-hydrogen) atoms. The van der Waals surface area contributed by atoms with Crippen LogP contribution < -0.4 is 10.6 Å². The minimum atomic E-state index is -0.679. The van der Waals surface area contributed by atoms with Crippen molar-refractivity contribution in [2.45, 2.75) is 39.4 Å². The Morgan fingerprint density at radius 3 is 2.53 bits per heavy atom. The highest BCUT2D eigenvalue weighted by molar-refractivity contribution is 6.36. The number of hydrogen-bond donors (Lipinski definition) is 2. The van der Waals surface area contributed by atoms with Gasteiger partial charge < -0.3 is 10.6 Å². The largest absolute Gasteiger partial charge is 0.350 e. The minimum Gasteiger partial charge on any atom is -0.350 e. The van der Waals surface area contributed by atoms with Crippen molar-refractivity contribution in [3.63, 3.8) is 0 Å². The molecule has 8 heteroatoms. The van der Waals surface area contributed by atoms with Crippen LogP contribution in [0.15, 0.2) is 60.9 Å². The third kappa shape index (κ3) is 6.84. The summed E-state index contributed by atoms with van der Waals surface area (Å²) in [5.74, 6) is -0.438. The number of nitrogens with zero attached hydrogens (tertiary/aromatic N) is 2. The monoisotopic (exact) mass is 472 g/mol. The van der Waals surface area contributed by atoms with E-state index < -0.39 is 11.9 Å². The van der Waals surface area contributed by atoms with Crippen LogP contribution in [0.2, 0.25) is 10.0 Å². The third-order valence-electron chi connectivity index (χ3n) is 4.87. The number of rotatable bonds is 9. The second kappa shape index (κ2) is 11.2. The molecule has 1 unspecified atom stereocenters. The van der Waals surface area contributed by atoms with E-state index in [2.05, 4.69) is 15.7 Å². The Bertz CT molecular complexity index is 1070. The molecule has 1 atom stereocenters. The molecule has 3 rings (SSSR count). The van der Waals surface area contributed by atoms with E-state index in [1.165, 1.54) is 6.07 Å². The highest BCUT2D eigenvalue weighted by Crippen LogP contribution is 2.21. The maximum atomic E-state index is 12.9. The minimum absolute atomic E-state index is 0.212. The van der Waals surface area contributed by atoms with E-state index in [1.54, 1.807) is 18.3 Å². The summed E-state index contributed by atoms with van der Waals surface area (Å²) in [5.41, 5.74) is 2.34. The quantitative estimate of drug-likeness (QED) is 0.473. The van der Waals surface area contributed by atoms with Crippen molar-refractivity contribution in [1.82, 2.24) is 20.4 Å². The fraction of sp³-hybridized carbons (Fsp3) is 0.292. The molecule has 1 heterocycles. The first kappa shape index (κ1) is 23.8. The Hall–Kier alpha value is -2.83. The van der Waals surface area contributed by atoms with E-state index >= 15 is 0 Å². The Morgan fingerprint density at radius 2 is 1.84 bits per heavy atom. The molecule has 0 spiro atoms. The number of carbonyl (C=O) groups excluding carboxylic acids is 2. The van der Waals surface area contributed by atoms with E-state index in [0.29, 0.717) is 24.5 Å². The van der Waals surface area contributed by atoms with Crippen LogP contribution >= 0.6 is 23.2 Å². The highest BCUT2D eigenvalue weighted by atomic mass is 35.5. The van der Waals surface area contributed by atoms with Gasteiger partial charge in [-0.2, -0.15) is 5.10 Å². The van der Waals surface area contributed by atoms with Gasteiger partial charge >= 0.3 is 0 Å². The first-order chi connectivity index (χ1) is 15.3. The van der Waals surface area contributed by atoms with E-state index in [9.17, 15) is 9.59 Å². The summed E-state index contributed by atoms with van der Waals surface area (Å²) in [6.07, 6.45) is 4.15. The molecule has 2 N–H and O–H groups in total. The molecule has 0 saturated heterocycles. The smallest absolute Gasteiger partial charge is 0.253 e. The van der Waals surface area contributed by atoms with Gasteiger partial charge in [-0.1, -0.05) is 61.3 Å². The molecular formula is C24H26Cl2N4O2. The summed E-state index contributed by atoms with van der Waals surface area (Å²) in [4.78, 5) is 25.6. The molecule has 2 aromatic carbocycles. The van der Waals surface area contributed by atoms with Crippen molar-refractivity contribution >= 4 is 35.0 Å². The van der Waals surface area contributed by atoms with Crippen LogP contribution in [0.3, 0.4) is 0 Å². The molecule has 0 aliphatic rings. The zero-order chi connectivity index (χ0) is 23.1. The van der Waals surface area contributed by atoms with Gasteiger partial charge in [0, 0.05) is 24.0 Å². The molecule has 0 saturated carbocycles. The molecule has 0 radical (unpaired) electrons. The van der Waals surface area contributed by atoms with E-state index in [1.807, 2.05) is 55.1 Å². The average Bonchev–Trinajstić information content (AvgIpc) is 3.24. The summed E-state index contributed by atoms with van der Waals surface area (Å²) < 4.78 is 1.84. The van der Waals surface area contributed by atoms with Crippen molar-refractivity contribution in [2.24, 2.45) is 5.92 Å². The summed E-state index contributed by atoms with van der Waals surface area (Å²) in [5, 5.41) is 10.7. The lowest BCUT2D eigenvalue weighted by molar-refractivity contribution is -0.123. The maximum absolute atomic E-state index is 12.9. The van der Waals surface area contributed by atoms with Crippen LogP contribution in [-0.2, 0) is 17.9 Å². The first-order valence-electron chi connectivity index (χ1n) is 10.4. The first-order valence-corrected chi connectivity index (χ1v) is 11.2. The highest BCUT2D eigenvalue weighted by Gasteiger charge is 2.23.